The molecule has 3 heterocycles. The third-order valence-electron chi connectivity index (χ3n) is 5.65. The first-order valence-corrected chi connectivity index (χ1v) is 11.4. The van der Waals surface area contributed by atoms with Crippen LogP contribution in [0, 0.1) is 0 Å². The van der Waals surface area contributed by atoms with Crippen LogP contribution in [0.5, 0.6) is 11.5 Å². The number of nitrogens with zero attached hydrogens (tertiary/aromatic N) is 5. The van der Waals surface area contributed by atoms with Crippen molar-refractivity contribution in [3.8, 4) is 11.5 Å². The van der Waals surface area contributed by atoms with Crippen molar-refractivity contribution in [2.45, 2.75) is 20.8 Å². The standard InChI is InChI=1S/C24H30N6O3/c1-4-29(5-2)14-15-33-19-10-9-18-20(21(19)32-6-3)27-24(30-13-12-26-22(18)30)28-23(31)17-8-7-11-25-16-17/h7-11,16H,4-6,12-15H2,1-3H3,(H,27,28,31). The lowest BCUT2D eigenvalue weighted by Gasteiger charge is -2.29. The molecule has 0 atom stereocenters. The normalized spacial score (nSPS) is 14.4. The monoisotopic (exact) mass is 450 g/mol. The molecule has 2 aliphatic heterocycles. The molecule has 2 aromatic rings. The van der Waals surface area contributed by atoms with Crippen LogP contribution in [-0.4, -0.2) is 78.4 Å². The van der Waals surface area contributed by atoms with Gasteiger partial charge in [0.15, 0.2) is 11.5 Å². The van der Waals surface area contributed by atoms with Crippen LogP contribution in [0.15, 0.2) is 46.6 Å². The number of guanidine groups is 1. The van der Waals surface area contributed by atoms with E-state index in [9.17, 15) is 4.79 Å². The van der Waals surface area contributed by atoms with E-state index in [1.807, 2.05) is 24.0 Å². The number of aromatic nitrogens is 1. The van der Waals surface area contributed by atoms with Crippen molar-refractivity contribution in [2.75, 3.05) is 45.9 Å². The lowest BCUT2D eigenvalue weighted by molar-refractivity contribution is 0.0973. The molecule has 174 valence electrons. The molecule has 9 nitrogen and oxygen atoms in total. The van der Waals surface area contributed by atoms with E-state index >= 15 is 0 Å². The van der Waals surface area contributed by atoms with Crippen molar-refractivity contribution in [3.63, 3.8) is 0 Å². The summed E-state index contributed by atoms with van der Waals surface area (Å²) in [6.45, 7) is 11.3. The lowest BCUT2D eigenvalue weighted by atomic mass is 10.1. The zero-order valence-electron chi connectivity index (χ0n) is 19.4. The second-order valence-corrected chi connectivity index (χ2v) is 7.59. The number of pyridine rings is 1. The Hall–Kier alpha value is -3.46. The summed E-state index contributed by atoms with van der Waals surface area (Å²) < 4.78 is 12.1. The molecule has 0 aliphatic carbocycles. The van der Waals surface area contributed by atoms with Gasteiger partial charge in [0, 0.05) is 31.0 Å². The van der Waals surface area contributed by atoms with Crippen molar-refractivity contribution < 1.29 is 14.3 Å². The predicted molar refractivity (Wildman–Crippen MR) is 128 cm³/mol. The number of amides is 1. The van der Waals surface area contributed by atoms with Gasteiger partial charge < -0.3 is 14.4 Å². The second-order valence-electron chi connectivity index (χ2n) is 7.59. The zero-order valence-corrected chi connectivity index (χ0v) is 19.4. The largest absolute Gasteiger partial charge is 0.488 e. The van der Waals surface area contributed by atoms with Gasteiger partial charge in [0.05, 0.1) is 18.7 Å². The van der Waals surface area contributed by atoms with E-state index < -0.39 is 0 Å². The Balaban J connectivity index is 1.65. The number of likely N-dealkylation sites (N-methyl/N-ethyl adjacent to an activating group) is 1. The number of carbonyl (C=O) groups is 1. The molecule has 1 amide bonds. The highest BCUT2D eigenvalue weighted by molar-refractivity contribution is 6.20. The number of fused-ring (bicyclic) bond motifs is 3. The number of ether oxygens (including phenoxy) is 2. The zero-order chi connectivity index (χ0) is 23.2. The Morgan fingerprint density at radius 2 is 2.03 bits per heavy atom. The van der Waals surface area contributed by atoms with Gasteiger partial charge in [0.1, 0.15) is 18.1 Å². The number of amidine groups is 1. The average molecular weight is 451 g/mol. The first kappa shape index (κ1) is 22.7. The van der Waals surface area contributed by atoms with Gasteiger partial charge in [0.2, 0.25) is 5.96 Å². The first-order valence-electron chi connectivity index (χ1n) is 11.4. The van der Waals surface area contributed by atoms with E-state index in [4.69, 9.17) is 14.5 Å². The number of rotatable bonds is 9. The minimum absolute atomic E-state index is 0.277. The highest BCUT2D eigenvalue weighted by Crippen LogP contribution is 2.43. The van der Waals surface area contributed by atoms with Crippen LogP contribution in [0.4, 0.5) is 5.69 Å². The topological polar surface area (TPSA) is 91.7 Å². The van der Waals surface area contributed by atoms with Gasteiger partial charge in [-0.3, -0.25) is 25.0 Å². The van der Waals surface area contributed by atoms with Crippen molar-refractivity contribution in [1.29, 1.82) is 0 Å². The molecule has 1 aromatic heterocycles. The summed E-state index contributed by atoms with van der Waals surface area (Å²) >= 11 is 0. The summed E-state index contributed by atoms with van der Waals surface area (Å²) in [4.78, 5) is 30.5. The SMILES string of the molecule is CCOc1c(OCCN(CC)CC)ccc2c1N=C(NC(=O)c1cccnc1)N1CCN=C21. The molecule has 0 radical (unpaired) electrons. The van der Waals surface area contributed by atoms with E-state index in [1.54, 1.807) is 18.3 Å². The molecule has 4 rings (SSSR count). The highest BCUT2D eigenvalue weighted by Gasteiger charge is 2.33. The maximum Gasteiger partial charge on any atom is 0.259 e. The summed E-state index contributed by atoms with van der Waals surface area (Å²) in [5.74, 6) is 2.13. The van der Waals surface area contributed by atoms with Crippen molar-refractivity contribution >= 4 is 23.4 Å². The quantitative estimate of drug-likeness (QED) is 0.632. The Bertz CT molecular complexity index is 1050. The minimum Gasteiger partial charge on any atom is -0.488 e. The van der Waals surface area contributed by atoms with E-state index in [1.165, 1.54) is 6.20 Å². The van der Waals surface area contributed by atoms with Gasteiger partial charge in [-0.2, -0.15) is 0 Å². The van der Waals surface area contributed by atoms with Crippen LogP contribution >= 0.6 is 0 Å². The summed E-state index contributed by atoms with van der Waals surface area (Å²) in [7, 11) is 0. The Morgan fingerprint density at radius 1 is 1.18 bits per heavy atom. The van der Waals surface area contributed by atoms with Gasteiger partial charge in [-0.05, 0) is 44.3 Å². The van der Waals surface area contributed by atoms with E-state index in [-0.39, 0.29) is 5.91 Å². The number of hydrogen-bond acceptors (Lipinski definition) is 8. The third kappa shape index (κ3) is 4.83. The van der Waals surface area contributed by atoms with Crippen molar-refractivity contribution in [3.05, 3.63) is 47.8 Å². The van der Waals surface area contributed by atoms with Crippen LogP contribution in [0.1, 0.15) is 36.7 Å². The van der Waals surface area contributed by atoms with Gasteiger partial charge in [-0.1, -0.05) is 13.8 Å². The fourth-order valence-corrected chi connectivity index (χ4v) is 3.88. The molecule has 0 spiro atoms. The molecule has 0 saturated carbocycles. The fraction of sp³-hybridized carbons (Fsp3) is 0.417. The number of nitrogens with one attached hydrogen (secondary N) is 1. The maximum atomic E-state index is 12.8. The molecule has 0 bridgehead atoms. The Kier molecular flexibility index (Phi) is 7.19. The molecule has 9 heteroatoms. The number of carbonyl (C=O) groups excluding carboxylic acids is 1. The van der Waals surface area contributed by atoms with Crippen molar-refractivity contribution in [1.82, 2.24) is 20.1 Å². The third-order valence-corrected chi connectivity index (χ3v) is 5.65. The van der Waals surface area contributed by atoms with E-state index in [0.717, 1.165) is 31.0 Å². The van der Waals surface area contributed by atoms with Gasteiger partial charge in [0.25, 0.3) is 5.91 Å². The van der Waals surface area contributed by atoms with Crippen LogP contribution in [0.25, 0.3) is 0 Å². The van der Waals surface area contributed by atoms with E-state index in [2.05, 4.69) is 34.0 Å². The Labute approximate surface area is 194 Å². The smallest absolute Gasteiger partial charge is 0.259 e. The number of benzene rings is 1. The second kappa shape index (κ2) is 10.4. The van der Waals surface area contributed by atoms with Crippen LogP contribution in [0.2, 0.25) is 0 Å². The average Bonchev–Trinajstić information content (AvgIpc) is 3.34. The number of hydrogen-bond donors (Lipinski definition) is 1. The fourth-order valence-electron chi connectivity index (χ4n) is 3.88. The number of aliphatic imine (C=N–C) groups is 2. The molecule has 0 fully saturated rings. The van der Waals surface area contributed by atoms with Crippen LogP contribution in [-0.2, 0) is 0 Å². The molecular weight excluding hydrogens is 420 g/mol. The minimum atomic E-state index is -0.277. The maximum absolute atomic E-state index is 12.8. The van der Waals surface area contributed by atoms with Gasteiger partial charge in [-0.25, -0.2) is 4.99 Å². The van der Waals surface area contributed by atoms with Gasteiger partial charge >= 0.3 is 0 Å². The predicted octanol–water partition coefficient (Wildman–Crippen LogP) is 2.69. The summed E-state index contributed by atoms with van der Waals surface area (Å²) in [5, 5.41) is 2.92. The van der Waals surface area contributed by atoms with Crippen molar-refractivity contribution in [2.24, 2.45) is 9.98 Å². The molecule has 1 aromatic carbocycles. The first-order chi connectivity index (χ1) is 16.2. The summed E-state index contributed by atoms with van der Waals surface area (Å²) in [6, 6.07) is 7.32. The molecule has 0 unspecified atom stereocenters. The van der Waals surface area contributed by atoms with E-state index in [0.29, 0.717) is 55.0 Å². The summed E-state index contributed by atoms with van der Waals surface area (Å²) in [6.07, 6.45) is 3.16. The molecule has 2 aliphatic rings. The molecular formula is C24H30N6O3. The lowest BCUT2D eigenvalue weighted by Crippen LogP contribution is -2.47. The van der Waals surface area contributed by atoms with Crippen LogP contribution < -0.4 is 14.8 Å². The molecule has 0 saturated heterocycles. The molecule has 33 heavy (non-hydrogen) atoms. The summed E-state index contributed by atoms with van der Waals surface area (Å²) in [5.41, 5.74) is 1.95. The Morgan fingerprint density at radius 3 is 2.76 bits per heavy atom. The van der Waals surface area contributed by atoms with Crippen LogP contribution in [0.3, 0.4) is 0 Å². The highest BCUT2D eigenvalue weighted by atomic mass is 16.5. The van der Waals surface area contributed by atoms with Gasteiger partial charge in [-0.15, -0.1) is 0 Å². The molecule has 1 N–H and O–H groups in total.